The first-order valence-electron chi connectivity index (χ1n) is 12.7. The van der Waals surface area contributed by atoms with Crippen LogP contribution in [0, 0.1) is 17.0 Å². The minimum absolute atomic E-state index is 0.00987. The Hall–Kier alpha value is -2.83. The molecule has 2 aliphatic rings. The standard InChI is InChI=1S/C27H29ClN4O5S2/c1-18-3-5-20(6-4-18)27-22-10-14-38-25(22)9-11-30(27)17-26(33)29-12-13-31(19(2)16-29)39(36,37)21-7-8-23(28)24(15-21)32(34)35/h3-8,10,14-15,19,27H,9,11-13,16-17H2,1-2H3/t19-,27+/m1/s1. The Morgan fingerprint density at radius 1 is 1.13 bits per heavy atom. The van der Waals surface area contributed by atoms with Gasteiger partial charge in [0.05, 0.1) is 22.4 Å². The number of hydrogen-bond donors (Lipinski definition) is 0. The lowest BCUT2D eigenvalue weighted by atomic mass is 9.92. The van der Waals surface area contributed by atoms with Gasteiger partial charge in [0.1, 0.15) is 5.02 Å². The van der Waals surface area contributed by atoms with E-state index in [2.05, 4.69) is 47.5 Å². The fourth-order valence-electron chi connectivity index (χ4n) is 5.40. The second kappa shape index (κ2) is 11.0. The maximum atomic E-state index is 13.5. The Balaban J connectivity index is 1.30. The molecule has 0 unspecified atom stereocenters. The predicted molar refractivity (Wildman–Crippen MR) is 151 cm³/mol. The molecule has 12 heteroatoms. The first kappa shape index (κ1) is 27.7. The summed E-state index contributed by atoms with van der Waals surface area (Å²) < 4.78 is 28.0. The number of halogens is 1. The highest BCUT2D eigenvalue weighted by molar-refractivity contribution is 7.89. The van der Waals surface area contributed by atoms with Crippen LogP contribution < -0.4 is 0 Å². The van der Waals surface area contributed by atoms with Gasteiger partial charge in [-0.25, -0.2) is 8.42 Å². The molecule has 3 aromatic rings. The Morgan fingerprint density at radius 2 is 1.87 bits per heavy atom. The van der Waals surface area contributed by atoms with Crippen molar-refractivity contribution in [2.75, 3.05) is 32.7 Å². The van der Waals surface area contributed by atoms with Crippen LogP contribution in [0.2, 0.25) is 5.02 Å². The number of nitro benzene ring substituents is 1. The number of rotatable bonds is 6. The van der Waals surface area contributed by atoms with E-state index in [-0.39, 0.29) is 48.0 Å². The minimum Gasteiger partial charge on any atom is -0.339 e. The molecule has 0 aliphatic carbocycles. The fourth-order valence-corrected chi connectivity index (χ4v) is 8.13. The monoisotopic (exact) mass is 588 g/mol. The highest BCUT2D eigenvalue weighted by atomic mass is 35.5. The molecule has 9 nitrogen and oxygen atoms in total. The molecule has 0 radical (unpaired) electrons. The summed E-state index contributed by atoms with van der Waals surface area (Å²) in [7, 11) is -4.01. The zero-order chi connectivity index (χ0) is 27.9. The third-order valence-electron chi connectivity index (χ3n) is 7.44. The molecule has 2 aliphatic heterocycles. The number of fused-ring (bicyclic) bond motifs is 1. The summed E-state index contributed by atoms with van der Waals surface area (Å²) in [6.45, 7) is 5.37. The predicted octanol–water partition coefficient (Wildman–Crippen LogP) is 4.49. The molecule has 3 heterocycles. The van der Waals surface area contributed by atoms with Gasteiger partial charge >= 0.3 is 0 Å². The van der Waals surface area contributed by atoms with E-state index in [4.69, 9.17) is 11.6 Å². The van der Waals surface area contributed by atoms with Gasteiger partial charge in [0.25, 0.3) is 5.69 Å². The Bertz CT molecular complexity index is 1510. The van der Waals surface area contributed by atoms with Crippen LogP contribution in [-0.2, 0) is 21.2 Å². The molecular formula is C27H29ClN4O5S2. The molecule has 206 valence electrons. The number of piperazine rings is 1. The topological polar surface area (TPSA) is 104 Å². The van der Waals surface area contributed by atoms with Gasteiger partial charge in [-0.05, 0) is 55.0 Å². The number of nitrogens with zero attached hydrogens (tertiary/aromatic N) is 4. The van der Waals surface area contributed by atoms with Gasteiger partial charge in [-0.2, -0.15) is 4.31 Å². The highest BCUT2D eigenvalue weighted by Gasteiger charge is 2.37. The number of carbonyl (C=O) groups excluding carboxylic acids is 1. The first-order valence-corrected chi connectivity index (χ1v) is 15.4. The molecule has 2 aromatic carbocycles. The van der Waals surface area contributed by atoms with Gasteiger partial charge in [-0.1, -0.05) is 41.4 Å². The molecule has 0 N–H and O–H groups in total. The maximum absolute atomic E-state index is 13.5. The largest absolute Gasteiger partial charge is 0.339 e. The second-order valence-corrected chi connectivity index (χ2v) is 13.3. The number of amides is 1. The van der Waals surface area contributed by atoms with E-state index in [1.54, 1.807) is 23.2 Å². The minimum atomic E-state index is -4.01. The summed E-state index contributed by atoms with van der Waals surface area (Å²) in [5.74, 6) is -0.0446. The number of aryl methyl sites for hydroxylation is 1. The van der Waals surface area contributed by atoms with Gasteiger partial charge in [0.15, 0.2) is 0 Å². The number of nitro groups is 1. The molecule has 0 saturated carbocycles. The Labute approximate surface area is 236 Å². The van der Waals surface area contributed by atoms with Crippen LogP contribution in [-0.4, -0.2) is 72.1 Å². The SMILES string of the molecule is Cc1ccc([C@H]2c3ccsc3CCN2CC(=O)N2CCN(S(=O)(=O)c3ccc(Cl)c([N+](=O)[O-])c3)[C@H](C)C2)cc1. The van der Waals surface area contributed by atoms with Gasteiger partial charge in [-0.15, -0.1) is 11.3 Å². The van der Waals surface area contributed by atoms with Crippen LogP contribution in [0.1, 0.15) is 34.5 Å². The zero-order valence-electron chi connectivity index (χ0n) is 21.6. The fraction of sp³-hybridized carbons (Fsp3) is 0.370. The summed E-state index contributed by atoms with van der Waals surface area (Å²) >= 11 is 7.62. The number of hydrogen-bond acceptors (Lipinski definition) is 7. The molecule has 39 heavy (non-hydrogen) atoms. The molecule has 1 saturated heterocycles. The van der Waals surface area contributed by atoms with Crippen molar-refractivity contribution in [1.29, 1.82) is 0 Å². The van der Waals surface area contributed by atoms with E-state index in [1.807, 2.05) is 0 Å². The van der Waals surface area contributed by atoms with Crippen LogP contribution >= 0.6 is 22.9 Å². The average molecular weight is 589 g/mol. The van der Waals surface area contributed by atoms with Crippen LogP contribution in [0.25, 0.3) is 0 Å². The summed E-state index contributed by atoms with van der Waals surface area (Å²) in [4.78, 5) is 29.2. The second-order valence-electron chi connectivity index (χ2n) is 10.0. The normalized spacial score (nSPS) is 20.5. The van der Waals surface area contributed by atoms with Crippen molar-refractivity contribution in [2.24, 2.45) is 0 Å². The highest BCUT2D eigenvalue weighted by Crippen LogP contribution is 2.38. The summed E-state index contributed by atoms with van der Waals surface area (Å²) in [5, 5.41) is 13.2. The molecule has 1 amide bonds. The van der Waals surface area contributed by atoms with Crippen LogP contribution in [0.3, 0.4) is 0 Å². The van der Waals surface area contributed by atoms with Gasteiger partial charge in [0, 0.05) is 43.2 Å². The molecule has 2 atom stereocenters. The Kier molecular flexibility index (Phi) is 7.80. The van der Waals surface area contributed by atoms with Crippen molar-refractivity contribution in [1.82, 2.24) is 14.1 Å². The van der Waals surface area contributed by atoms with Gasteiger partial charge in [-0.3, -0.25) is 19.8 Å². The van der Waals surface area contributed by atoms with Crippen molar-refractivity contribution in [2.45, 2.75) is 37.2 Å². The smallest absolute Gasteiger partial charge is 0.289 e. The molecule has 0 spiro atoms. The summed E-state index contributed by atoms with van der Waals surface area (Å²) in [5.41, 5.74) is 3.11. The first-order chi connectivity index (χ1) is 18.6. The van der Waals surface area contributed by atoms with Crippen molar-refractivity contribution in [3.8, 4) is 0 Å². The molecular weight excluding hydrogens is 560 g/mol. The summed E-state index contributed by atoms with van der Waals surface area (Å²) in [6.07, 6.45) is 0.887. The van der Waals surface area contributed by atoms with E-state index in [0.717, 1.165) is 24.6 Å². The van der Waals surface area contributed by atoms with E-state index >= 15 is 0 Å². The lowest BCUT2D eigenvalue weighted by Crippen LogP contribution is -2.57. The van der Waals surface area contributed by atoms with Crippen LogP contribution in [0.4, 0.5) is 5.69 Å². The van der Waals surface area contributed by atoms with Gasteiger partial charge in [0.2, 0.25) is 15.9 Å². The molecule has 1 aromatic heterocycles. The van der Waals surface area contributed by atoms with Crippen LogP contribution in [0.15, 0.2) is 58.8 Å². The zero-order valence-corrected chi connectivity index (χ0v) is 24.0. The third kappa shape index (κ3) is 5.46. The molecule has 1 fully saturated rings. The average Bonchev–Trinajstić information content (AvgIpc) is 3.38. The van der Waals surface area contributed by atoms with E-state index in [9.17, 15) is 23.3 Å². The van der Waals surface area contributed by atoms with E-state index in [0.29, 0.717) is 0 Å². The molecule has 0 bridgehead atoms. The van der Waals surface area contributed by atoms with Crippen molar-refractivity contribution >= 4 is 44.6 Å². The number of carbonyl (C=O) groups is 1. The third-order valence-corrected chi connectivity index (χ3v) is 10.8. The number of sulfonamides is 1. The van der Waals surface area contributed by atoms with Crippen molar-refractivity contribution < 1.29 is 18.1 Å². The number of benzene rings is 2. The maximum Gasteiger partial charge on any atom is 0.289 e. The van der Waals surface area contributed by atoms with Gasteiger partial charge < -0.3 is 4.90 Å². The Morgan fingerprint density at radius 3 is 2.56 bits per heavy atom. The lowest BCUT2D eigenvalue weighted by molar-refractivity contribution is -0.384. The molecule has 5 rings (SSSR count). The van der Waals surface area contributed by atoms with E-state index in [1.165, 1.54) is 32.4 Å². The van der Waals surface area contributed by atoms with E-state index < -0.39 is 26.7 Å². The van der Waals surface area contributed by atoms with Crippen LogP contribution in [0.5, 0.6) is 0 Å². The number of thiophene rings is 1. The summed E-state index contributed by atoms with van der Waals surface area (Å²) in [6, 6.07) is 13.5. The van der Waals surface area contributed by atoms with Crippen molar-refractivity contribution in [3.63, 3.8) is 0 Å². The quantitative estimate of drug-likeness (QED) is 0.310. The lowest BCUT2D eigenvalue weighted by Gasteiger charge is -2.41. The van der Waals surface area contributed by atoms with Crippen molar-refractivity contribution in [3.05, 3.63) is 90.6 Å².